The fourth-order valence-electron chi connectivity index (χ4n) is 2.78. The molecule has 6 heteroatoms. The highest BCUT2D eigenvalue weighted by atomic mass is 79.9. The van der Waals surface area contributed by atoms with Gasteiger partial charge in [0.05, 0.1) is 18.8 Å². The zero-order chi connectivity index (χ0) is 14.3. The minimum Gasteiger partial charge on any atom is -0.345 e. The Labute approximate surface area is 125 Å². The molecule has 0 aromatic carbocycles. The second-order valence-corrected chi connectivity index (χ2v) is 6.47. The molecule has 2 aliphatic rings. The summed E-state index contributed by atoms with van der Waals surface area (Å²) in [6, 6.07) is 3.77. The van der Waals surface area contributed by atoms with Crippen LogP contribution in [0.5, 0.6) is 0 Å². The van der Waals surface area contributed by atoms with Gasteiger partial charge in [0.25, 0.3) is 0 Å². The molecule has 2 heterocycles. The molecule has 2 fully saturated rings. The van der Waals surface area contributed by atoms with E-state index in [1.54, 1.807) is 11.1 Å². The van der Waals surface area contributed by atoms with Gasteiger partial charge in [-0.1, -0.05) is 0 Å². The van der Waals surface area contributed by atoms with E-state index in [9.17, 15) is 9.59 Å². The van der Waals surface area contributed by atoms with E-state index in [4.69, 9.17) is 0 Å². The van der Waals surface area contributed by atoms with Crippen LogP contribution in [0, 0.1) is 5.92 Å². The molecular weight excluding hydrogens is 322 g/mol. The van der Waals surface area contributed by atoms with Crippen LogP contribution in [0.25, 0.3) is 0 Å². The summed E-state index contributed by atoms with van der Waals surface area (Å²) in [5, 5.41) is 2.71. The Morgan fingerprint density at radius 1 is 1.45 bits per heavy atom. The fourth-order valence-corrected chi connectivity index (χ4v) is 3.01. The third-order valence-electron chi connectivity index (χ3n) is 4.20. The van der Waals surface area contributed by atoms with Crippen LogP contribution < -0.4 is 5.32 Å². The quantitative estimate of drug-likeness (QED) is 0.908. The SMILES string of the molecule is CC1(C2CC2)C(=O)NCC(=O)N1Cc1ccc(Br)cn1. The van der Waals surface area contributed by atoms with Gasteiger partial charge in [0.15, 0.2) is 0 Å². The van der Waals surface area contributed by atoms with Crippen molar-refractivity contribution in [2.75, 3.05) is 6.54 Å². The molecule has 5 nitrogen and oxygen atoms in total. The van der Waals surface area contributed by atoms with Gasteiger partial charge in [-0.05, 0) is 53.7 Å². The lowest BCUT2D eigenvalue weighted by Gasteiger charge is -2.43. The molecule has 1 N–H and O–H groups in total. The molecule has 1 saturated heterocycles. The Balaban J connectivity index is 1.89. The summed E-state index contributed by atoms with van der Waals surface area (Å²) in [5.74, 6) is 0.183. The Bertz CT molecular complexity index is 556. The maximum Gasteiger partial charge on any atom is 0.246 e. The molecule has 2 amide bonds. The number of aromatic nitrogens is 1. The third kappa shape index (κ3) is 2.22. The van der Waals surface area contributed by atoms with Gasteiger partial charge in [0.1, 0.15) is 5.54 Å². The molecule has 20 heavy (non-hydrogen) atoms. The summed E-state index contributed by atoms with van der Waals surface area (Å²) < 4.78 is 0.897. The number of nitrogens with one attached hydrogen (secondary N) is 1. The lowest BCUT2D eigenvalue weighted by atomic mass is 9.89. The van der Waals surface area contributed by atoms with Gasteiger partial charge in [-0.2, -0.15) is 0 Å². The van der Waals surface area contributed by atoms with Crippen molar-refractivity contribution < 1.29 is 9.59 Å². The second-order valence-electron chi connectivity index (χ2n) is 5.55. The standard InChI is InChI=1S/C14H16BrN3O2/c1-14(9-2-3-9)13(20)17-7-12(19)18(14)8-11-5-4-10(15)6-16-11/h4-6,9H,2-3,7-8H2,1H3,(H,17,20). The van der Waals surface area contributed by atoms with E-state index in [0.717, 1.165) is 23.0 Å². The van der Waals surface area contributed by atoms with Crippen molar-refractivity contribution in [2.24, 2.45) is 5.92 Å². The van der Waals surface area contributed by atoms with Crippen LogP contribution in [0.3, 0.4) is 0 Å². The van der Waals surface area contributed by atoms with E-state index in [-0.39, 0.29) is 24.3 Å². The summed E-state index contributed by atoms with van der Waals surface area (Å²) in [6.45, 7) is 2.33. The van der Waals surface area contributed by atoms with Crippen molar-refractivity contribution in [3.63, 3.8) is 0 Å². The number of nitrogens with zero attached hydrogens (tertiary/aromatic N) is 2. The Hall–Kier alpha value is -1.43. The van der Waals surface area contributed by atoms with Gasteiger partial charge in [0, 0.05) is 10.7 Å². The highest BCUT2D eigenvalue weighted by Gasteiger charge is 2.54. The molecule has 1 saturated carbocycles. The van der Waals surface area contributed by atoms with Crippen molar-refractivity contribution in [1.82, 2.24) is 15.2 Å². The number of hydrogen-bond donors (Lipinski definition) is 1. The minimum atomic E-state index is -0.732. The normalized spacial score (nSPS) is 26.6. The van der Waals surface area contributed by atoms with E-state index in [0.29, 0.717) is 6.54 Å². The minimum absolute atomic E-state index is 0.0382. The molecule has 1 atom stereocenters. The van der Waals surface area contributed by atoms with Gasteiger partial charge >= 0.3 is 0 Å². The molecule has 1 aromatic heterocycles. The van der Waals surface area contributed by atoms with Crippen LogP contribution in [-0.4, -0.2) is 33.8 Å². The lowest BCUT2D eigenvalue weighted by molar-refractivity contribution is -0.155. The number of halogens is 1. The lowest BCUT2D eigenvalue weighted by Crippen LogP contribution is -2.66. The van der Waals surface area contributed by atoms with Crippen LogP contribution >= 0.6 is 15.9 Å². The van der Waals surface area contributed by atoms with Crippen LogP contribution in [0.2, 0.25) is 0 Å². The van der Waals surface area contributed by atoms with E-state index in [1.807, 2.05) is 19.1 Å². The van der Waals surface area contributed by atoms with E-state index < -0.39 is 5.54 Å². The van der Waals surface area contributed by atoms with Crippen molar-refractivity contribution in [3.05, 3.63) is 28.5 Å². The van der Waals surface area contributed by atoms with Crippen molar-refractivity contribution in [2.45, 2.75) is 31.8 Å². The number of carbonyl (C=O) groups excluding carboxylic acids is 2. The molecular formula is C14H16BrN3O2. The first-order valence-corrected chi connectivity index (χ1v) is 7.50. The average Bonchev–Trinajstić information content (AvgIpc) is 3.26. The number of rotatable bonds is 3. The summed E-state index contributed by atoms with van der Waals surface area (Å²) >= 11 is 3.34. The molecule has 106 valence electrons. The predicted molar refractivity (Wildman–Crippen MR) is 76.6 cm³/mol. The third-order valence-corrected chi connectivity index (χ3v) is 4.67. The van der Waals surface area contributed by atoms with Gasteiger partial charge in [-0.25, -0.2) is 0 Å². The molecule has 1 aliphatic heterocycles. The Morgan fingerprint density at radius 3 is 2.80 bits per heavy atom. The highest BCUT2D eigenvalue weighted by Crippen LogP contribution is 2.44. The molecule has 0 radical (unpaired) electrons. The van der Waals surface area contributed by atoms with Gasteiger partial charge in [0.2, 0.25) is 11.8 Å². The average molecular weight is 338 g/mol. The first-order valence-electron chi connectivity index (χ1n) is 6.71. The maximum atomic E-state index is 12.3. The first kappa shape index (κ1) is 13.5. The zero-order valence-electron chi connectivity index (χ0n) is 11.2. The molecule has 1 aromatic rings. The summed E-state index contributed by atoms with van der Waals surface area (Å²) in [6.07, 6.45) is 3.71. The summed E-state index contributed by atoms with van der Waals surface area (Å²) in [4.78, 5) is 30.5. The van der Waals surface area contributed by atoms with Crippen LogP contribution in [0.1, 0.15) is 25.5 Å². The fraction of sp³-hybridized carbons (Fsp3) is 0.500. The summed E-state index contributed by atoms with van der Waals surface area (Å²) in [7, 11) is 0. The molecule has 0 spiro atoms. The van der Waals surface area contributed by atoms with Gasteiger partial charge in [-0.15, -0.1) is 0 Å². The monoisotopic (exact) mass is 337 g/mol. The van der Waals surface area contributed by atoms with Crippen LogP contribution in [0.4, 0.5) is 0 Å². The Kier molecular flexibility index (Phi) is 3.28. The first-order chi connectivity index (χ1) is 9.51. The van der Waals surface area contributed by atoms with Crippen molar-refractivity contribution in [3.8, 4) is 0 Å². The molecule has 3 rings (SSSR count). The van der Waals surface area contributed by atoms with E-state index in [2.05, 4.69) is 26.2 Å². The van der Waals surface area contributed by atoms with E-state index >= 15 is 0 Å². The Morgan fingerprint density at radius 2 is 2.20 bits per heavy atom. The maximum absolute atomic E-state index is 12.3. The predicted octanol–water partition coefficient (Wildman–Crippen LogP) is 1.47. The van der Waals surface area contributed by atoms with Crippen LogP contribution in [-0.2, 0) is 16.1 Å². The summed E-state index contributed by atoms with van der Waals surface area (Å²) in [5.41, 5.74) is 0.0625. The number of amides is 2. The topological polar surface area (TPSA) is 62.3 Å². The smallest absolute Gasteiger partial charge is 0.246 e. The number of carbonyl (C=O) groups is 2. The number of piperazine rings is 1. The number of hydrogen-bond acceptors (Lipinski definition) is 3. The highest BCUT2D eigenvalue weighted by molar-refractivity contribution is 9.10. The molecule has 1 aliphatic carbocycles. The van der Waals surface area contributed by atoms with Crippen LogP contribution in [0.15, 0.2) is 22.8 Å². The number of pyridine rings is 1. The molecule has 1 unspecified atom stereocenters. The van der Waals surface area contributed by atoms with Crippen molar-refractivity contribution in [1.29, 1.82) is 0 Å². The van der Waals surface area contributed by atoms with Crippen molar-refractivity contribution >= 4 is 27.7 Å². The van der Waals surface area contributed by atoms with E-state index in [1.165, 1.54) is 0 Å². The van der Waals surface area contributed by atoms with Gasteiger partial charge < -0.3 is 10.2 Å². The zero-order valence-corrected chi connectivity index (χ0v) is 12.8. The largest absolute Gasteiger partial charge is 0.345 e. The van der Waals surface area contributed by atoms with Gasteiger partial charge in [-0.3, -0.25) is 14.6 Å². The second kappa shape index (κ2) is 4.84. The molecule has 0 bridgehead atoms.